The SMILES string of the molecule is Cc1ccc(-c2c3c4n(c(-c5ccc(F)cc5)cn4c2C(=O)NC2CCCCC2)CCCC3)cc1. The standard InChI is InChI=1S/C30H32FN3O/c1-20-10-12-22(13-11-20)27-25-9-5-6-18-33-26(21-14-16-23(31)17-15-21)19-34(30(25)33)28(27)29(35)32-24-7-3-2-4-8-24/h10-17,19,24H,2-9,18H2,1H3,(H,32,35). The van der Waals surface area contributed by atoms with Crippen molar-refractivity contribution in [2.24, 2.45) is 0 Å². The fourth-order valence-corrected chi connectivity index (χ4v) is 5.99. The molecule has 6 rings (SSSR count). The molecule has 1 aliphatic carbocycles. The van der Waals surface area contributed by atoms with Gasteiger partial charge in [-0.05, 0) is 74.4 Å². The lowest BCUT2D eigenvalue weighted by atomic mass is 9.94. The molecule has 1 aliphatic heterocycles. The minimum atomic E-state index is -0.238. The minimum Gasteiger partial charge on any atom is -0.348 e. The van der Waals surface area contributed by atoms with Crippen molar-refractivity contribution in [3.63, 3.8) is 0 Å². The summed E-state index contributed by atoms with van der Waals surface area (Å²) in [6.07, 6.45) is 10.9. The van der Waals surface area contributed by atoms with Crippen LogP contribution in [0.5, 0.6) is 0 Å². The normalized spacial score (nSPS) is 16.4. The Labute approximate surface area is 205 Å². The second-order valence-electron chi connectivity index (χ2n) is 10.2. The Hall–Kier alpha value is -3.34. The molecular formula is C30H32FN3O. The molecule has 5 heteroatoms. The first-order valence-electron chi connectivity index (χ1n) is 13.0. The number of amides is 1. The monoisotopic (exact) mass is 469 g/mol. The second kappa shape index (κ2) is 9.03. The van der Waals surface area contributed by atoms with Gasteiger partial charge in [0.25, 0.3) is 5.91 Å². The lowest BCUT2D eigenvalue weighted by Gasteiger charge is -2.23. The molecule has 0 saturated heterocycles. The van der Waals surface area contributed by atoms with Gasteiger partial charge in [-0.25, -0.2) is 4.39 Å². The number of benzene rings is 2. The van der Waals surface area contributed by atoms with Gasteiger partial charge in [0.1, 0.15) is 17.2 Å². The summed E-state index contributed by atoms with van der Waals surface area (Å²) in [5.41, 5.74) is 8.45. The number of imidazole rings is 1. The van der Waals surface area contributed by atoms with E-state index in [1.165, 1.54) is 42.5 Å². The Bertz CT molecular complexity index is 1370. The maximum Gasteiger partial charge on any atom is 0.269 e. The van der Waals surface area contributed by atoms with E-state index in [1.807, 2.05) is 12.1 Å². The Kier molecular flexibility index (Phi) is 5.71. The third kappa shape index (κ3) is 3.97. The summed E-state index contributed by atoms with van der Waals surface area (Å²) in [7, 11) is 0. The Balaban J connectivity index is 1.57. The quantitative estimate of drug-likeness (QED) is 0.346. The molecule has 35 heavy (non-hydrogen) atoms. The predicted molar refractivity (Wildman–Crippen MR) is 138 cm³/mol. The second-order valence-corrected chi connectivity index (χ2v) is 10.2. The van der Waals surface area contributed by atoms with Crippen molar-refractivity contribution >= 4 is 11.6 Å². The predicted octanol–water partition coefficient (Wildman–Crippen LogP) is 6.92. The number of carbonyl (C=O) groups is 1. The van der Waals surface area contributed by atoms with E-state index < -0.39 is 0 Å². The van der Waals surface area contributed by atoms with E-state index >= 15 is 0 Å². The van der Waals surface area contributed by atoms with E-state index in [9.17, 15) is 9.18 Å². The van der Waals surface area contributed by atoms with Gasteiger partial charge >= 0.3 is 0 Å². The van der Waals surface area contributed by atoms with E-state index in [2.05, 4.69) is 51.7 Å². The van der Waals surface area contributed by atoms with Gasteiger partial charge in [-0.1, -0.05) is 49.1 Å². The van der Waals surface area contributed by atoms with Crippen molar-refractivity contribution in [1.29, 1.82) is 0 Å². The molecule has 0 spiro atoms. The summed E-state index contributed by atoms with van der Waals surface area (Å²) < 4.78 is 18.1. The molecule has 1 fully saturated rings. The molecule has 4 aromatic rings. The summed E-state index contributed by atoms with van der Waals surface area (Å²) in [5.74, 6) is -0.227. The van der Waals surface area contributed by atoms with Crippen molar-refractivity contribution in [2.75, 3.05) is 0 Å². The van der Waals surface area contributed by atoms with Crippen LogP contribution in [0.4, 0.5) is 4.39 Å². The Morgan fingerprint density at radius 3 is 2.37 bits per heavy atom. The first-order chi connectivity index (χ1) is 17.1. The van der Waals surface area contributed by atoms with Crippen LogP contribution in [-0.4, -0.2) is 20.9 Å². The summed E-state index contributed by atoms with van der Waals surface area (Å²) in [6, 6.07) is 15.5. The molecule has 2 aromatic carbocycles. The fourth-order valence-electron chi connectivity index (χ4n) is 5.99. The number of rotatable bonds is 4. The van der Waals surface area contributed by atoms with E-state index in [0.29, 0.717) is 0 Å². The van der Waals surface area contributed by atoms with Crippen LogP contribution in [0.15, 0.2) is 54.7 Å². The van der Waals surface area contributed by atoms with E-state index in [4.69, 9.17) is 0 Å². The van der Waals surface area contributed by atoms with Gasteiger partial charge in [0.15, 0.2) is 0 Å². The highest BCUT2D eigenvalue weighted by Crippen LogP contribution is 2.39. The van der Waals surface area contributed by atoms with Gasteiger partial charge in [0.2, 0.25) is 0 Å². The molecule has 3 heterocycles. The van der Waals surface area contributed by atoms with Gasteiger partial charge in [-0.15, -0.1) is 0 Å². The summed E-state index contributed by atoms with van der Waals surface area (Å²) in [6.45, 7) is 2.98. The molecule has 4 nitrogen and oxygen atoms in total. The van der Waals surface area contributed by atoms with Crippen LogP contribution in [-0.2, 0) is 13.0 Å². The number of aryl methyl sites for hydroxylation is 3. The first-order valence-corrected chi connectivity index (χ1v) is 13.0. The average Bonchev–Trinajstić information content (AvgIpc) is 3.28. The third-order valence-corrected chi connectivity index (χ3v) is 7.77. The molecule has 180 valence electrons. The topological polar surface area (TPSA) is 38.4 Å². The zero-order valence-corrected chi connectivity index (χ0v) is 20.3. The highest BCUT2D eigenvalue weighted by molar-refractivity contribution is 6.03. The Morgan fingerprint density at radius 2 is 1.63 bits per heavy atom. The molecule has 1 amide bonds. The highest BCUT2D eigenvalue weighted by Gasteiger charge is 2.30. The maximum atomic E-state index is 13.9. The minimum absolute atomic E-state index is 0.0112. The van der Waals surface area contributed by atoms with Crippen molar-refractivity contribution in [3.8, 4) is 22.4 Å². The van der Waals surface area contributed by atoms with E-state index in [0.717, 1.165) is 72.4 Å². The number of carbonyl (C=O) groups excluding carboxylic acids is 1. The van der Waals surface area contributed by atoms with E-state index in [-0.39, 0.29) is 17.8 Å². The first kappa shape index (κ1) is 22.1. The number of hydrogen-bond acceptors (Lipinski definition) is 1. The van der Waals surface area contributed by atoms with Gasteiger partial charge in [-0.2, -0.15) is 0 Å². The molecule has 1 saturated carbocycles. The van der Waals surface area contributed by atoms with Crippen LogP contribution in [0.2, 0.25) is 0 Å². The van der Waals surface area contributed by atoms with Gasteiger partial charge in [-0.3, -0.25) is 9.20 Å². The van der Waals surface area contributed by atoms with Crippen LogP contribution in [0.25, 0.3) is 28.0 Å². The largest absolute Gasteiger partial charge is 0.348 e. The number of nitrogens with zero attached hydrogens (tertiary/aromatic N) is 2. The fraction of sp³-hybridized carbons (Fsp3) is 0.367. The molecular weight excluding hydrogens is 437 g/mol. The molecule has 0 bridgehead atoms. The van der Waals surface area contributed by atoms with Gasteiger partial charge < -0.3 is 9.88 Å². The lowest BCUT2D eigenvalue weighted by Crippen LogP contribution is -2.37. The number of aromatic nitrogens is 2. The smallest absolute Gasteiger partial charge is 0.269 e. The molecule has 2 aliphatic rings. The van der Waals surface area contributed by atoms with Crippen LogP contribution >= 0.6 is 0 Å². The number of halogens is 1. The van der Waals surface area contributed by atoms with Crippen molar-refractivity contribution in [2.45, 2.75) is 70.9 Å². The van der Waals surface area contributed by atoms with Crippen LogP contribution < -0.4 is 5.32 Å². The molecule has 1 N–H and O–H groups in total. The van der Waals surface area contributed by atoms with Crippen molar-refractivity contribution in [3.05, 3.63) is 77.4 Å². The van der Waals surface area contributed by atoms with Crippen molar-refractivity contribution in [1.82, 2.24) is 14.3 Å². The molecule has 0 atom stereocenters. The maximum absolute atomic E-state index is 13.9. The Morgan fingerprint density at radius 1 is 0.914 bits per heavy atom. The zero-order chi connectivity index (χ0) is 23.9. The molecule has 2 aromatic heterocycles. The third-order valence-electron chi connectivity index (χ3n) is 7.77. The average molecular weight is 470 g/mol. The summed E-state index contributed by atoms with van der Waals surface area (Å²) in [5, 5.41) is 3.38. The van der Waals surface area contributed by atoms with Crippen molar-refractivity contribution < 1.29 is 9.18 Å². The molecule has 0 unspecified atom stereocenters. The van der Waals surface area contributed by atoms with E-state index in [1.54, 1.807) is 0 Å². The van der Waals surface area contributed by atoms with Crippen LogP contribution in [0, 0.1) is 12.7 Å². The molecule has 0 radical (unpaired) electrons. The lowest BCUT2D eigenvalue weighted by molar-refractivity contribution is 0.0922. The van der Waals surface area contributed by atoms with Gasteiger partial charge in [0, 0.05) is 29.9 Å². The summed E-state index contributed by atoms with van der Waals surface area (Å²) >= 11 is 0. The number of nitrogens with one attached hydrogen (secondary N) is 1. The number of hydrogen-bond donors (Lipinski definition) is 1. The van der Waals surface area contributed by atoms with Crippen LogP contribution in [0.1, 0.15) is 66.6 Å². The van der Waals surface area contributed by atoms with Gasteiger partial charge in [0.05, 0.1) is 5.69 Å². The van der Waals surface area contributed by atoms with Crippen LogP contribution in [0.3, 0.4) is 0 Å². The summed E-state index contributed by atoms with van der Waals surface area (Å²) in [4.78, 5) is 13.9. The zero-order valence-electron chi connectivity index (χ0n) is 20.3. The highest BCUT2D eigenvalue weighted by atomic mass is 19.1.